The van der Waals surface area contributed by atoms with Crippen LogP contribution in [-0.4, -0.2) is 49.2 Å². The molecular formula is C25H28N4O4S. The van der Waals surface area contributed by atoms with E-state index >= 15 is 0 Å². The number of carbonyl (C=O) groups is 1. The maximum absolute atomic E-state index is 12.7. The Hall–Kier alpha value is -3.07. The first-order valence-electron chi connectivity index (χ1n) is 11.4. The van der Waals surface area contributed by atoms with Crippen LogP contribution in [0.3, 0.4) is 0 Å². The van der Waals surface area contributed by atoms with E-state index in [0.717, 1.165) is 24.2 Å². The van der Waals surface area contributed by atoms with E-state index in [4.69, 9.17) is 4.74 Å². The van der Waals surface area contributed by atoms with Crippen molar-refractivity contribution in [1.82, 2.24) is 4.98 Å². The number of aromatic nitrogens is 1. The molecule has 0 atom stereocenters. The van der Waals surface area contributed by atoms with Crippen molar-refractivity contribution in [1.29, 1.82) is 0 Å². The average Bonchev–Trinajstić information content (AvgIpc) is 3.44. The number of carbonyl (C=O) groups excluding carboxylic acids is 1. The Morgan fingerprint density at radius 2 is 1.97 bits per heavy atom. The van der Waals surface area contributed by atoms with E-state index < -0.39 is 15.4 Å². The second kappa shape index (κ2) is 8.01. The Morgan fingerprint density at radius 1 is 1.21 bits per heavy atom. The van der Waals surface area contributed by atoms with Crippen LogP contribution in [0.5, 0.6) is 0 Å². The molecule has 1 fully saturated rings. The van der Waals surface area contributed by atoms with E-state index in [2.05, 4.69) is 20.3 Å². The molecule has 3 aliphatic rings. The number of benzene rings is 1. The molecule has 2 aromatic rings. The molecular weight excluding hydrogens is 452 g/mol. The van der Waals surface area contributed by atoms with Gasteiger partial charge in [0, 0.05) is 36.3 Å². The van der Waals surface area contributed by atoms with Gasteiger partial charge in [0.05, 0.1) is 34.2 Å². The number of hydrogen-bond acceptors (Lipinski definition) is 8. The highest BCUT2D eigenvalue weighted by Gasteiger charge is 2.31. The predicted octanol–water partition coefficient (Wildman–Crippen LogP) is 3.95. The monoisotopic (exact) mass is 480 g/mol. The summed E-state index contributed by atoms with van der Waals surface area (Å²) in [6.45, 7) is 6.32. The summed E-state index contributed by atoms with van der Waals surface area (Å²) >= 11 is 0. The van der Waals surface area contributed by atoms with Crippen LogP contribution in [0.15, 0.2) is 39.1 Å². The number of rotatable bonds is 7. The highest BCUT2D eigenvalue weighted by atomic mass is 32.2. The summed E-state index contributed by atoms with van der Waals surface area (Å²) in [5.41, 5.74) is 4.36. The van der Waals surface area contributed by atoms with Crippen molar-refractivity contribution < 1.29 is 17.9 Å². The summed E-state index contributed by atoms with van der Waals surface area (Å²) in [5.74, 6) is 0.794. The number of nitrogens with one attached hydrogen (secondary N) is 1. The van der Waals surface area contributed by atoms with Crippen molar-refractivity contribution in [2.24, 2.45) is 15.9 Å². The molecule has 0 spiro atoms. The molecule has 0 amide bonds. The Kier molecular flexibility index (Phi) is 5.35. The number of aliphatic imine (C=N–C) groups is 2. The topological polar surface area (TPSA) is 110 Å². The molecule has 3 heterocycles. The van der Waals surface area contributed by atoms with Gasteiger partial charge in [-0.2, -0.15) is 0 Å². The van der Waals surface area contributed by atoms with Crippen molar-refractivity contribution in [3.8, 4) is 0 Å². The molecule has 0 saturated heterocycles. The summed E-state index contributed by atoms with van der Waals surface area (Å²) in [6.07, 6.45) is 3.97. The van der Waals surface area contributed by atoms with Crippen LogP contribution in [0.2, 0.25) is 0 Å². The molecule has 5 rings (SSSR count). The lowest BCUT2D eigenvalue weighted by molar-refractivity contribution is -0.119. The number of ether oxygens (including phenoxy) is 1. The van der Waals surface area contributed by atoms with Crippen LogP contribution in [0.1, 0.15) is 50.6 Å². The highest BCUT2D eigenvalue weighted by Crippen LogP contribution is 2.38. The Bertz CT molecular complexity index is 1370. The van der Waals surface area contributed by atoms with Crippen molar-refractivity contribution in [2.45, 2.75) is 57.0 Å². The molecule has 1 aromatic heterocycles. The number of pyridine rings is 1. The summed E-state index contributed by atoms with van der Waals surface area (Å²) in [5, 5.41) is 3.27. The van der Waals surface area contributed by atoms with Crippen LogP contribution in [0, 0.1) is 5.92 Å². The van der Waals surface area contributed by atoms with Gasteiger partial charge in [0.1, 0.15) is 17.1 Å². The van der Waals surface area contributed by atoms with Crippen LogP contribution >= 0.6 is 0 Å². The van der Waals surface area contributed by atoms with Crippen LogP contribution in [-0.2, 0) is 32.2 Å². The third-order valence-electron chi connectivity index (χ3n) is 6.11. The number of anilines is 2. The van der Waals surface area contributed by atoms with E-state index in [1.165, 1.54) is 6.26 Å². The molecule has 0 bridgehead atoms. The minimum Gasteiger partial charge on any atom is -0.469 e. The summed E-state index contributed by atoms with van der Waals surface area (Å²) < 4.78 is 31.3. The second-order valence-corrected chi connectivity index (χ2v) is 12.0. The first kappa shape index (κ1) is 22.7. The van der Waals surface area contributed by atoms with Crippen molar-refractivity contribution >= 4 is 44.3 Å². The van der Waals surface area contributed by atoms with Gasteiger partial charge in [-0.25, -0.2) is 13.4 Å². The molecule has 1 saturated carbocycles. The number of ketones is 1. The van der Waals surface area contributed by atoms with Gasteiger partial charge in [0.2, 0.25) is 5.90 Å². The Labute approximate surface area is 199 Å². The van der Waals surface area contributed by atoms with Crippen molar-refractivity contribution in [2.75, 3.05) is 18.1 Å². The third-order valence-corrected chi connectivity index (χ3v) is 7.24. The van der Waals surface area contributed by atoms with Gasteiger partial charge in [-0.05, 0) is 57.9 Å². The fourth-order valence-electron chi connectivity index (χ4n) is 4.23. The predicted molar refractivity (Wildman–Crippen MR) is 132 cm³/mol. The fraction of sp³-hybridized carbons (Fsp3) is 0.440. The lowest BCUT2D eigenvalue weighted by Crippen LogP contribution is -2.24. The van der Waals surface area contributed by atoms with E-state index in [0.29, 0.717) is 47.2 Å². The first-order chi connectivity index (χ1) is 16.0. The van der Waals surface area contributed by atoms with Gasteiger partial charge >= 0.3 is 0 Å². The molecule has 0 radical (unpaired) electrons. The molecule has 178 valence electrons. The average molecular weight is 481 g/mol. The lowest BCUT2D eigenvalue weighted by atomic mass is 10.1. The van der Waals surface area contributed by atoms with E-state index in [1.807, 2.05) is 26.8 Å². The summed E-state index contributed by atoms with van der Waals surface area (Å²) in [6, 6.07) is 6.92. The standard InChI is InChI=1S/C25H28N4O4S/c1-14-9-19-23(27-14)20(11-17(28-19)12-21(30)15-5-6-15)29-18-8-7-16(10-22(18)34(4,31)32)24-26-13-25(2,3)33-24/h7-8,10-11,15H,5-6,9,12-13H2,1-4H3,(H,28,29). The van der Waals surface area contributed by atoms with Gasteiger partial charge in [-0.15, -0.1) is 0 Å². The number of sulfone groups is 1. The molecule has 2 aliphatic heterocycles. The molecule has 34 heavy (non-hydrogen) atoms. The van der Waals surface area contributed by atoms with Gasteiger partial charge < -0.3 is 10.1 Å². The molecule has 9 heteroatoms. The van der Waals surface area contributed by atoms with E-state index in [1.54, 1.807) is 18.2 Å². The third kappa shape index (κ3) is 4.61. The fourth-order valence-corrected chi connectivity index (χ4v) is 5.09. The summed E-state index contributed by atoms with van der Waals surface area (Å²) in [7, 11) is -3.57. The van der Waals surface area contributed by atoms with Crippen molar-refractivity contribution in [3.05, 3.63) is 41.2 Å². The maximum Gasteiger partial charge on any atom is 0.216 e. The largest absolute Gasteiger partial charge is 0.469 e. The van der Waals surface area contributed by atoms with Gasteiger partial charge in [0.25, 0.3) is 0 Å². The molecule has 1 aromatic carbocycles. The zero-order chi connectivity index (χ0) is 24.3. The van der Waals surface area contributed by atoms with Gasteiger partial charge in [-0.1, -0.05) is 0 Å². The molecule has 1 N–H and O–H groups in total. The van der Waals surface area contributed by atoms with Gasteiger partial charge in [-0.3, -0.25) is 14.8 Å². The Balaban J connectivity index is 1.52. The number of nitrogens with zero attached hydrogens (tertiary/aromatic N) is 3. The SMILES string of the molecule is CC1=Nc2c(Nc3ccc(C4=NCC(C)(C)O4)cc3S(C)(=O)=O)cc(CC(=O)C3CC3)nc2C1. The van der Waals surface area contributed by atoms with Crippen LogP contribution < -0.4 is 5.32 Å². The van der Waals surface area contributed by atoms with Crippen LogP contribution in [0.4, 0.5) is 17.1 Å². The van der Waals surface area contributed by atoms with Gasteiger partial charge in [0.15, 0.2) is 9.84 Å². The van der Waals surface area contributed by atoms with E-state index in [-0.39, 0.29) is 23.0 Å². The maximum atomic E-state index is 12.7. The zero-order valence-corrected chi connectivity index (χ0v) is 20.6. The molecule has 1 aliphatic carbocycles. The molecule has 0 unspecified atom stereocenters. The Morgan fingerprint density at radius 3 is 2.62 bits per heavy atom. The van der Waals surface area contributed by atoms with Crippen molar-refractivity contribution in [3.63, 3.8) is 0 Å². The first-order valence-corrected chi connectivity index (χ1v) is 13.3. The lowest BCUT2D eigenvalue weighted by Gasteiger charge is -2.18. The zero-order valence-electron chi connectivity index (χ0n) is 19.8. The number of Topliss-reactive ketones (excluding diaryl/α,β-unsaturated/α-hetero) is 1. The minimum atomic E-state index is -3.57. The van der Waals surface area contributed by atoms with Crippen LogP contribution in [0.25, 0.3) is 0 Å². The summed E-state index contributed by atoms with van der Waals surface area (Å²) in [4.78, 5) is 26.3. The highest BCUT2D eigenvalue weighted by molar-refractivity contribution is 7.90. The molecule has 8 nitrogen and oxygen atoms in total. The van der Waals surface area contributed by atoms with E-state index in [9.17, 15) is 13.2 Å². The normalized spacial score (nSPS) is 18.7. The quantitative estimate of drug-likeness (QED) is 0.642. The second-order valence-electron chi connectivity index (χ2n) is 9.99. The smallest absolute Gasteiger partial charge is 0.216 e. The minimum absolute atomic E-state index is 0.140. The number of hydrogen-bond donors (Lipinski definition) is 1. The number of fused-ring (bicyclic) bond motifs is 1.